The van der Waals surface area contributed by atoms with Gasteiger partial charge in [-0.1, -0.05) is 183 Å². The third-order valence-corrected chi connectivity index (χ3v) is 17.1. The van der Waals surface area contributed by atoms with E-state index in [4.69, 9.17) is 15.0 Å². The minimum atomic E-state index is -2.17. The maximum absolute atomic E-state index is 5.39. The molecule has 7 heteroatoms. The van der Waals surface area contributed by atoms with E-state index in [9.17, 15) is 0 Å². The number of anilines is 3. The predicted molar refractivity (Wildman–Crippen MR) is 276 cm³/mol. The normalized spacial score (nSPS) is 13.1. The van der Waals surface area contributed by atoms with Gasteiger partial charge >= 0.3 is 0 Å². The van der Waals surface area contributed by atoms with Crippen molar-refractivity contribution in [2.75, 3.05) is 4.90 Å². The van der Waals surface area contributed by atoms with Gasteiger partial charge in [-0.15, -0.1) is 0 Å². The van der Waals surface area contributed by atoms with Crippen LogP contribution in [0.25, 0.3) is 89.2 Å². The second-order valence-electron chi connectivity index (χ2n) is 17.6. The van der Waals surface area contributed by atoms with E-state index >= 15 is 0 Å². The van der Waals surface area contributed by atoms with E-state index in [2.05, 4.69) is 209 Å². The number of fused-ring (bicyclic) bond motifs is 8. The number of hydrogen-bond donors (Lipinski definition) is 0. The van der Waals surface area contributed by atoms with Gasteiger partial charge in [-0.2, -0.15) is 0 Å². The first kappa shape index (κ1) is 38.1. The molecule has 312 valence electrons. The van der Waals surface area contributed by atoms with E-state index in [1.807, 2.05) is 36.4 Å². The molecule has 0 saturated heterocycles. The highest BCUT2D eigenvalue weighted by Gasteiger charge is 2.40. The zero-order chi connectivity index (χ0) is 43.9. The molecule has 6 nitrogen and oxygen atoms in total. The molecule has 9 aromatic carbocycles. The van der Waals surface area contributed by atoms with Crippen molar-refractivity contribution in [3.63, 3.8) is 0 Å². The fourth-order valence-electron chi connectivity index (χ4n) is 10.5. The second kappa shape index (κ2) is 14.8. The number of benzene rings is 9. The van der Waals surface area contributed by atoms with Gasteiger partial charge in [0, 0.05) is 49.6 Å². The number of para-hydroxylation sites is 6. The Morgan fingerprint density at radius 3 is 1.12 bits per heavy atom. The van der Waals surface area contributed by atoms with Gasteiger partial charge in [-0.05, 0) is 58.9 Å². The Labute approximate surface area is 383 Å². The molecule has 0 fully saturated rings. The summed E-state index contributed by atoms with van der Waals surface area (Å²) < 4.78 is 4.97. The molecule has 0 bridgehead atoms. The van der Waals surface area contributed by atoms with Crippen molar-refractivity contribution in [1.29, 1.82) is 0 Å². The summed E-state index contributed by atoms with van der Waals surface area (Å²) >= 11 is 0. The summed E-state index contributed by atoms with van der Waals surface area (Å²) in [7, 11) is -2.17. The van der Waals surface area contributed by atoms with Gasteiger partial charge in [0.15, 0.2) is 17.5 Å². The molecule has 13 rings (SSSR count). The first-order valence-electron chi connectivity index (χ1n) is 22.5. The van der Waals surface area contributed by atoms with Crippen LogP contribution in [0.3, 0.4) is 0 Å². The quantitative estimate of drug-likeness (QED) is 0.156. The minimum absolute atomic E-state index is 0.591. The van der Waals surface area contributed by atoms with E-state index in [-0.39, 0.29) is 0 Å². The Bertz CT molecular complexity index is 3660. The second-order valence-corrected chi connectivity index (χ2v) is 22.0. The Balaban J connectivity index is 1.25. The van der Waals surface area contributed by atoms with Crippen LogP contribution in [0.1, 0.15) is 0 Å². The highest BCUT2D eigenvalue weighted by Crippen LogP contribution is 2.48. The first-order chi connectivity index (χ1) is 32.5. The van der Waals surface area contributed by atoms with Crippen LogP contribution in [0.2, 0.25) is 13.1 Å². The summed E-state index contributed by atoms with van der Waals surface area (Å²) in [6, 6.07) is 78.5. The van der Waals surface area contributed by atoms with Crippen LogP contribution < -0.4 is 15.3 Å². The fraction of sp³-hybridized carbons (Fsp3) is 0.0339. The Morgan fingerprint density at radius 2 is 0.667 bits per heavy atom. The Hall–Kier alpha value is -8.39. The van der Waals surface area contributed by atoms with Crippen molar-refractivity contribution >= 4 is 79.1 Å². The zero-order valence-electron chi connectivity index (χ0n) is 36.5. The number of hydrogen-bond acceptors (Lipinski definition) is 4. The first-order valence-corrected chi connectivity index (χ1v) is 25.5. The number of aromatic nitrogens is 5. The lowest BCUT2D eigenvalue weighted by atomic mass is 10.0. The van der Waals surface area contributed by atoms with Crippen LogP contribution in [0.5, 0.6) is 0 Å². The molecule has 0 atom stereocenters. The van der Waals surface area contributed by atoms with Gasteiger partial charge in [0.25, 0.3) is 0 Å². The van der Waals surface area contributed by atoms with E-state index < -0.39 is 8.07 Å². The van der Waals surface area contributed by atoms with Gasteiger partial charge in [0.2, 0.25) is 0 Å². The van der Waals surface area contributed by atoms with Crippen LogP contribution in [0.4, 0.5) is 17.1 Å². The van der Waals surface area contributed by atoms with Gasteiger partial charge < -0.3 is 14.0 Å². The molecule has 0 aliphatic carbocycles. The van der Waals surface area contributed by atoms with Crippen LogP contribution in [0.15, 0.2) is 218 Å². The standard InChI is InChI=1S/C59H42N6Si/c1-66(2)54-35-19-17-33-50(54)64(51-34-18-20-36-55(51)66)53-38-41(59-61-57(39-21-5-3-6-22-39)60-58(62-59)40-23-7-4-8-24-40)37-52(63-46-29-13-9-25-42(46)43-26-10-14-30-47(43)63)56(53)65-48-31-15-11-27-44(48)45-28-12-16-32-49(45)65/h3-38H,1-2H3. The smallest absolute Gasteiger partial charge is 0.164 e. The average Bonchev–Trinajstić information content (AvgIpc) is 3.89. The molecule has 0 spiro atoms. The van der Waals surface area contributed by atoms with Gasteiger partial charge in [-0.25, -0.2) is 15.0 Å². The molecule has 12 aromatic rings. The van der Waals surface area contributed by atoms with E-state index in [0.29, 0.717) is 17.5 Å². The van der Waals surface area contributed by atoms with Crippen molar-refractivity contribution < 1.29 is 0 Å². The van der Waals surface area contributed by atoms with Crippen LogP contribution in [-0.2, 0) is 0 Å². The molecule has 0 amide bonds. The lowest BCUT2D eigenvalue weighted by molar-refractivity contribution is 1.06. The summed E-state index contributed by atoms with van der Waals surface area (Å²) in [6.45, 7) is 4.97. The fourth-order valence-corrected chi connectivity index (χ4v) is 13.5. The van der Waals surface area contributed by atoms with Crippen LogP contribution >= 0.6 is 0 Å². The molecule has 0 radical (unpaired) electrons. The van der Waals surface area contributed by atoms with Gasteiger partial charge in [0.05, 0.1) is 39.1 Å². The molecule has 4 heterocycles. The van der Waals surface area contributed by atoms with Gasteiger partial charge in [0.1, 0.15) is 8.07 Å². The zero-order valence-corrected chi connectivity index (χ0v) is 37.5. The molecular formula is C59H42N6Si. The number of nitrogens with zero attached hydrogens (tertiary/aromatic N) is 6. The maximum Gasteiger partial charge on any atom is 0.164 e. The molecule has 66 heavy (non-hydrogen) atoms. The van der Waals surface area contributed by atoms with Crippen molar-refractivity contribution in [3.05, 3.63) is 218 Å². The topological polar surface area (TPSA) is 51.8 Å². The molecule has 1 aliphatic rings. The Morgan fingerprint density at radius 1 is 0.318 bits per heavy atom. The average molecular weight is 863 g/mol. The lowest BCUT2D eigenvalue weighted by Crippen LogP contribution is -2.58. The molecule has 3 aromatic heterocycles. The highest BCUT2D eigenvalue weighted by atomic mass is 28.3. The largest absolute Gasteiger partial charge is 0.308 e. The number of rotatable bonds is 6. The maximum atomic E-state index is 5.39. The molecule has 0 N–H and O–H groups in total. The third kappa shape index (κ3) is 5.76. The Kier molecular flexibility index (Phi) is 8.57. The van der Waals surface area contributed by atoms with Crippen LogP contribution in [0, 0.1) is 0 Å². The summed E-state index contributed by atoms with van der Waals surface area (Å²) in [5, 5.41) is 7.54. The van der Waals surface area contributed by atoms with E-state index in [1.54, 1.807) is 0 Å². The van der Waals surface area contributed by atoms with Crippen molar-refractivity contribution in [1.82, 2.24) is 24.1 Å². The monoisotopic (exact) mass is 862 g/mol. The summed E-state index contributed by atoms with van der Waals surface area (Å²) in [5.74, 6) is 1.83. The van der Waals surface area contributed by atoms with E-state index in [0.717, 1.165) is 55.8 Å². The molecule has 1 aliphatic heterocycles. The minimum Gasteiger partial charge on any atom is -0.308 e. The van der Waals surface area contributed by atoms with Gasteiger partial charge in [-0.3, -0.25) is 0 Å². The molecule has 0 unspecified atom stereocenters. The summed E-state index contributed by atoms with van der Waals surface area (Å²) in [5.41, 5.74) is 12.6. The van der Waals surface area contributed by atoms with Crippen molar-refractivity contribution in [3.8, 4) is 45.5 Å². The van der Waals surface area contributed by atoms with Crippen molar-refractivity contribution in [2.24, 2.45) is 0 Å². The summed E-state index contributed by atoms with van der Waals surface area (Å²) in [4.78, 5) is 18.4. The predicted octanol–water partition coefficient (Wildman–Crippen LogP) is 13.7. The SMILES string of the molecule is C[Si]1(C)c2ccccc2N(c2cc(-c3nc(-c4ccccc4)nc(-c4ccccc4)n3)cc(-n3c4ccccc4c4ccccc43)c2-n2c3ccccc3c3ccccc32)c2ccccc21. The highest BCUT2D eigenvalue weighted by molar-refractivity contribution is 7.02. The lowest BCUT2D eigenvalue weighted by Gasteiger charge is -2.42. The van der Waals surface area contributed by atoms with Crippen molar-refractivity contribution in [2.45, 2.75) is 13.1 Å². The van der Waals surface area contributed by atoms with Crippen LogP contribution in [-0.4, -0.2) is 32.2 Å². The molecule has 0 saturated carbocycles. The summed E-state index contributed by atoms with van der Waals surface area (Å²) in [6.07, 6.45) is 0. The molecular weight excluding hydrogens is 821 g/mol. The van der Waals surface area contributed by atoms with E-state index in [1.165, 1.54) is 43.3 Å². The third-order valence-electron chi connectivity index (χ3n) is 13.5.